The Morgan fingerprint density at radius 3 is 2.22 bits per heavy atom. The van der Waals surface area contributed by atoms with Gasteiger partial charge in [-0.3, -0.25) is 0 Å². The molecule has 0 fully saturated rings. The third-order valence-electron chi connectivity index (χ3n) is 2.85. The molecule has 1 aromatic heterocycles. The monoisotopic (exact) mass is 263 g/mol. The Kier molecular flexibility index (Phi) is 3.89. The minimum Gasteiger partial charge on any atom is -0.496 e. The van der Waals surface area contributed by atoms with Gasteiger partial charge in [0.1, 0.15) is 11.5 Å². The summed E-state index contributed by atoms with van der Waals surface area (Å²) < 4.78 is 10.9. The van der Waals surface area contributed by atoms with Gasteiger partial charge < -0.3 is 15.2 Å². The van der Waals surface area contributed by atoms with Crippen molar-refractivity contribution in [2.75, 3.05) is 14.2 Å². The Balaban J connectivity index is 2.54. The number of rotatable bonds is 4. The van der Waals surface area contributed by atoms with E-state index in [9.17, 15) is 0 Å². The minimum absolute atomic E-state index is 0.226. The number of thiophene rings is 1. The molecule has 2 N–H and O–H groups in total. The highest BCUT2D eigenvalue weighted by atomic mass is 32.1. The van der Waals surface area contributed by atoms with Crippen molar-refractivity contribution in [2.24, 2.45) is 5.73 Å². The average Bonchev–Trinajstić information content (AvgIpc) is 2.90. The van der Waals surface area contributed by atoms with Crippen molar-refractivity contribution < 1.29 is 9.47 Å². The van der Waals surface area contributed by atoms with Crippen LogP contribution in [0.4, 0.5) is 0 Å². The summed E-state index contributed by atoms with van der Waals surface area (Å²) in [5.74, 6) is 1.54. The molecule has 0 spiro atoms. The van der Waals surface area contributed by atoms with Crippen LogP contribution in [0.25, 0.3) is 0 Å². The van der Waals surface area contributed by atoms with Crippen LogP contribution in [-0.4, -0.2) is 14.2 Å². The molecular formula is C14H17NO2S. The maximum absolute atomic E-state index is 6.31. The molecule has 1 heterocycles. The van der Waals surface area contributed by atoms with E-state index in [-0.39, 0.29) is 6.04 Å². The first kappa shape index (κ1) is 12.9. The lowest BCUT2D eigenvalue weighted by Gasteiger charge is -2.19. The highest BCUT2D eigenvalue weighted by Crippen LogP contribution is 2.38. The summed E-state index contributed by atoms with van der Waals surface area (Å²) in [7, 11) is 3.30. The number of hydrogen-bond acceptors (Lipinski definition) is 4. The normalized spacial score (nSPS) is 12.2. The van der Waals surface area contributed by atoms with Crippen LogP contribution in [0.5, 0.6) is 11.5 Å². The van der Waals surface area contributed by atoms with Gasteiger partial charge in [-0.1, -0.05) is 6.07 Å². The Labute approximate surface area is 111 Å². The molecule has 0 unspecified atom stereocenters. The second-order valence-electron chi connectivity index (χ2n) is 4.08. The van der Waals surface area contributed by atoms with Crippen LogP contribution in [0, 0.1) is 6.92 Å². The molecule has 0 bridgehead atoms. The summed E-state index contributed by atoms with van der Waals surface area (Å²) in [4.78, 5) is 1.09. The number of benzene rings is 1. The zero-order valence-corrected chi connectivity index (χ0v) is 11.6. The first-order valence-corrected chi connectivity index (χ1v) is 6.56. The van der Waals surface area contributed by atoms with Gasteiger partial charge in [0.05, 0.1) is 25.8 Å². The van der Waals surface area contributed by atoms with Gasteiger partial charge in [0, 0.05) is 4.88 Å². The van der Waals surface area contributed by atoms with E-state index in [0.717, 1.165) is 27.5 Å². The third-order valence-corrected chi connectivity index (χ3v) is 3.80. The van der Waals surface area contributed by atoms with Crippen LogP contribution < -0.4 is 15.2 Å². The Bertz CT molecular complexity index is 498. The molecule has 18 heavy (non-hydrogen) atoms. The second kappa shape index (κ2) is 5.42. The van der Waals surface area contributed by atoms with E-state index >= 15 is 0 Å². The third kappa shape index (κ3) is 2.35. The van der Waals surface area contributed by atoms with Crippen LogP contribution in [-0.2, 0) is 0 Å². The number of hydrogen-bond donors (Lipinski definition) is 1. The summed E-state index contributed by atoms with van der Waals surface area (Å²) >= 11 is 1.63. The fourth-order valence-electron chi connectivity index (χ4n) is 1.99. The van der Waals surface area contributed by atoms with Crippen molar-refractivity contribution in [3.8, 4) is 11.5 Å². The van der Waals surface area contributed by atoms with E-state index in [2.05, 4.69) is 0 Å². The lowest BCUT2D eigenvalue weighted by atomic mass is 10.0. The Hall–Kier alpha value is -1.52. The number of aryl methyl sites for hydroxylation is 1. The average molecular weight is 263 g/mol. The molecule has 0 saturated heterocycles. The number of nitrogens with two attached hydrogens (primary N) is 1. The van der Waals surface area contributed by atoms with Crippen molar-refractivity contribution in [1.82, 2.24) is 0 Å². The molecule has 2 aromatic rings. The van der Waals surface area contributed by atoms with Gasteiger partial charge in [0.2, 0.25) is 0 Å². The maximum Gasteiger partial charge on any atom is 0.127 e. The molecule has 0 aliphatic rings. The molecule has 0 amide bonds. The van der Waals surface area contributed by atoms with Gasteiger partial charge >= 0.3 is 0 Å². The Morgan fingerprint density at radius 1 is 1.17 bits per heavy atom. The van der Waals surface area contributed by atoms with E-state index in [4.69, 9.17) is 15.2 Å². The molecule has 1 aromatic carbocycles. The summed E-state index contributed by atoms with van der Waals surface area (Å²) in [6.45, 7) is 2.01. The lowest BCUT2D eigenvalue weighted by molar-refractivity contribution is 0.382. The van der Waals surface area contributed by atoms with Gasteiger partial charge in [-0.2, -0.15) is 0 Å². The van der Waals surface area contributed by atoms with Gasteiger partial charge in [-0.25, -0.2) is 0 Å². The predicted molar refractivity (Wildman–Crippen MR) is 74.6 cm³/mol. The fourth-order valence-corrected chi connectivity index (χ4v) is 2.72. The van der Waals surface area contributed by atoms with Crippen molar-refractivity contribution >= 4 is 11.3 Å². The first-order valence-electron chi connectivity index (χ1n) is 5.69. The summed E-state index contributed by atoms with van der Waals surface area (Å²) in [5.41, 5.74) is 8.30. The lowest BCUT2D eigenvalue weighted by Crippen LogP contribution is -2.13. The van der Waals surface area contributed by atoms with Crippen molar-refractivity contribution in [1.29, 1.82) is 0 Å². The molecule has 0 aliphatic carbocycles. The summed E-state index contributed by atoms with van der Waals surface area (Å²) in [6.07, 6.45) is 0. The Morgan fingerprint density at radius 2 is 1.78 bits per heavy atom. The smallest absolute Gasteiger partial charge is 0.127 e. The predicted octanol–water partition coefficient (Wildman–Crippen LogP) is 3.12. The van der Waals surface area contributed by atoms with Crippen LogP contribution in [0.3, 0.4) is 0 Å². The number of ether oxygens (including phenoxy) is 2. The van der Waals surface area contributed by atoms with Crippen molar-refractivity contribution in [3.05, 3.63) is 45.6 Å². The highest BCUT2D eigenvalue weighted by Gasteiger charge is 2.20. The molecule has 2 rings (SSSR count). The van der Waals surface area contributed by atoms with Crippen molar-refractivity contribution in [2.45, 2.75) is 13.0 Å². The van der Waals surface area contributed by atoms with E-state index in [1.165, 1.54) is 0 Å². The maximum atomic E-state index is 6.31. The molecule has 0 aliphatic heterocycles. The molecule has 1 atom stereocenters. The molecule has 0 radical (unpaired) electrons. The SMILES string of the molecule is COc1cc(C)cc(OC)c1[C@H](N)c1cccs1. The summed E-state index contributed by atoms with van der Waals surface area (Å²) in [5, 5.41) is 2.02. The first-order chi connectivity index (χ1) is 8.67. The highest BCUT2D eigenvalue weighted by molar-refractivity contribution is 7.10. The zero-order chi connectivity index (χ0) is 13.1. The minimum atomic E-state index is -0.226. The molecule has 3 nitrogen and oxygen atoms in total. The largest absolute Gasteiger partial charge is 0.496 e. The molecular weight excluding hydrogens is 246 g/mol. The zero-order valence-electron chi connectivity index (χ0n) is 10.8. The van der Waals surface area contributed by atoms with E-state index in [1.807, 2.05) is 36.6 Å². The van der Waals surface area contributed by atoms with E-state index in [1.54, 1.807) is 25.6 Å². The van der Waals surface area contributed by atoms with E-state index in [0.29, 0.717) is 0 Å². The standard InChI is InChI=1S/C14H17NO2S/c1-9-7-10(16-2)13(11(8-9)17-3)14(15)12-5-4-6-18-12/h4-8,14H,15H2,1-3H3/t14-/m1/s1. The fraction of sp³-hybridized carbons (Fsp3) is 0.286. The van der Waals surface area contributed by atoms with Crippen LogP contribution in [0.15, 0.2) is 29.6 Å². The molecule has 96 valence electrons. The topological polar surface area (TPSA) is 44.5 Å². The van der Waals surface area contributed by atoms with Crippen LogP contribution in [0.1, 0.15) is 22.0 Å². The quantitative estimate of drug-likeness (QED) is 0.921. The molecule has 0 saturated carbocycles. The van der Waals surface area contributed by atoms with Crippen LogP contribution >= 0.6 is 11.3 Å². The summed E-state index contributed by atoms with van der Waals surface area (Å²) in [6, 6.07) is 7.74. The van der Waals surface area contributed by atoms with Gasteiger partial charge in [0.25, 0.3) is 0 Å². The van der Waals surface area contributed by atoms with Gasteiger partial charge in [-0.15, -0.1) is 11.3 Å². The van der Waals surface area contributed by atoms with E-state index < -0.39 is 0 Å². The van der Waals surface area contributed by atoms with Crippen LogP contribution in [0.2, 0.25) is 0 Å². The van der Waals surface area contributed by atoms with Gasteiger partial charge in [-0.05, 0) is 36.1 Å². The van der Waals surface area contributed by atoms with Gasteiger partial charge in [0.15, 0.2) is 0 Å². The number of methoxy groups -OCH3 is 2. The molecule has 4 heteroatoms. The van der Waals surface area contributed by atoms with Crippen molar-refractivity contribution in [3.63, 3.8) is 0 Å². The second-order valence-corrected chi connectivity index (χ2v) is 5.06.